The topological polar surface area (TPSA) is 77.5 Å². The third kappa shape index (κ3) is 3.11. The lowest BCUT2D eigenvalue weighted by atomic mass is 10.3. The Hall–Kier alpha value is -2.60. The van der Waals surface area contributed by atoms with Crippen molar-refractivity contribution in [1.29, 1.82) is 0 Å². The van der Waals surface area contributed by atoms with Gasteiger partial charge in [0, 0.05) is 24.5 Å². The SMILES string of the molecule is Cc1ccn2nc(Nc3cccc(OCCN)c3)nc2c1. The van der Waals surface area contributed by atoms with Crippen molar-refractivity contribution in [3.05, 3.63) is 48.2 Å². The zero-order valence-electron chi connectivity index (χ0n) is 11.8. The number of aromatic nitrogens is 3. The molecule has 0 spiro atoms. The number of aryl methyl sites for hydroxylation is 1. The highest BCUT2D eigenvalue weighted by molar-refractivity contribution is 5.57. The molecule has 0 atom stereocenters. The molecule has 1 aromatic carbocycles. The number of rotatable bonds is 5. The highest BCUT2D eigenvalue weighted by atomic mass is 16.5. The van der Waals surface area contributed by atoms with E-state index >= 15 is 0 Å². The maximum absolute atomic E-state index is 5.50. The van der Waals surface area contributed by atoms with Crippen LogP contribution in [0.4, 0.5) is 11.6 Å². The van der Waals surface area contributed by atoms with Crippen molar-refractivity contribution in [2.24, 2.45) is 5.73 Å². The van der Waals surface area contributed by atoms with E-state index in [4.69, 9.17) is 10.5 Å². The highest BCUT2D eigenvalue weighted by Crippen LogP contribution is 2.20. The number of hydrogen-bond donors (Lipinski definition) is 2. The van der Waals surface area contributed by atoms with E-state index in [1.54, 1.807) is 4.52 Å². The lowest BCUT2D eigenvalue weighted by molar-refractivity contribution is 0.328. The van der Waals surface area contributed by atoms with Crippen molar-refractivity contribution in [2.45, 2.75) is 6.92 Å². The van der Waals surface area contributed by atoms with E-state index in [1.165, 1.54) is 0 Å². The molecular formula is C15H17N5O. The standard InChI is InChI=1S/C15H17N5O/c1-11-5-7-20-14(9-11)18-15(19-20)17-12-3-2-4-13(10-12)21-8-6-16/h2-5,7,9-10H,6,8,16H2,1H3,(H,17,19). The third-order valence-electron chi connectivity index (χ3n) is 2.97. The van der Waals surface area contributed by atoms with Gasteiger partial charge in [-0.05, 0) is 36.8 Å². The molecule has 2 heterocycles. The van der Waals surface area contributed by atoms with Crippen LogP contribution in [0.25, 0.3) is 5.65 Å². The number of pyridine rings is 1. The Morgan fingerprint density at radius 1 is 1.29 bits per heavy atom. The number of nitrogens with two attached hydrogens (primary N) is 1. The average Bonchev–Trinajstić information content (AvgIpc) is 2.86. The summed E-state index contributed by atoms with van der Waals surface area (Å²) in [4.78, 5) is 4.44. The van der Waals surface area contributed by atoms with Crippen LogP contribution in [0.2, 0.25) is 0 Å². The largest absolute Gasteiger partial charge is 0.492 e. The summed E-state index contributed by atoms with van der Waals surface area (Å²) < 4.78 is 7.24. The summed E-state index contributed by atoms with van der Waals surface area (Å²) in [5.74, 6) is 1.32. The Morgan fingerprint density at radius 2 is 2.19 bits per heavy atom. The summed E-state index contributed by atoms with van der Waals surface area (Å²) in [5.41, 5.74) is 8.27. The molecule has 0 fully saturated rings. The van der Waals surface area contributed by atoms with Gasteiger partial charge in [0.2, 0.25) is 5.95 Å². The molecule has 6 heteroatoms. The minimum atomic E-state index is 0.491. The first kappa shape index (κ1) is 13.4. The molecule has 0 bridgehead atoms. The third-order valence-corrected chi connectivity index (χ3v) is 2.97. The summed E-state index contributed by atoms with van der Waals surface area (Å²) in [6, 6.07) is 11.6. The van der Waals surface area contributed by atoms with Gasteiger partial charge >= 0.3 is 0 Å². The molecule has 0 saturated heterocycles. The van der Waals surface area contributed by atoms with Crippen LogP contribution in [-0.4, -0.2) is 27.7 Å². The van der Waals surface area contributed by atoms with Gasteiger partial charge in [0.05, 0.1) is 0 Å². The second kappa shape index (κ2) is 5.80. The smallest absolute Gasteiger partial charge is 0.247 e. The number of ether oxygens (including phenoxy) is 1. The number of benzene rings is 1. The molecule has 0 aliphatic heterocycles. The normalized spacial score (nSPS) is 10.8. The van der Waals surface area contributed by atoms with E-state index in [0.29, 0.717) is 19.1 Å². The van der Waals surface area contributed by atoms with Crippen LogP contribution in [0.1, 0.15) is 5.56 Å². The van der Waals surface area contributed by atoms with E-state index in [1.807, 2.05) is 49.5 Å². The van der Waals surface area contributed by atoms with Gasteiger partial charge in [-0.2, -0.15) is 4.98 Å². The summed E-state index contributed by atoms with van der Waals surface area (Å²) in [6.45, 7) is 3.01. The first-order chi connectivity index (χ1) is 10.2. The fraction of sp³-hybridized carbons (Fsp3) is 0.200. The minimum absolute atomic E-state index is 0.491. The van der Waals surface area contributed by atoms with E-state index < -0.39 is 0 Å². The van der Waals surface area contributed by atoms with Gasteiger partial charge < -0.3 is 15.8 Å². The predicted octanol–water partition coefficient (Wildman–Crippen LogP) is 2.12. The van der Waals surface area contributed by atoms with Crippen molar-refractivity contribution < 1.29 is 4.74 Å². The Labute approximate surface area is 122 Å². The van der Waals surface area contributed by atoms with Gasteiger partial charge in [-0.25, -0.2) is 4.52 Å². The fourth-order valence-corrected chi connectivity index (χ4v) is 2.01. The zero-order chi connectivity index (χ0) is 14.7. The van der Waals surface area contributed by atoms with Gasteiger partial charge in [-0.1, -0.05) is 6.07 Å². The molecule has 0 radical (unpaired) electrons. The maximum Gasteiger partial charge on any atom is 0.247 e. The highest BCUT2D eigenvalue weighted by Gasteiger charge is 2.04. The molecule has 21 heavy (non-hydrogen) atoms. The van der Waals surface area contributed by atoms with Crippen molar-refractivity contribution in [3.63, 3.8) is 0 Å². The number of nitrogens with one attached hydrogen (secondary N) is 1. The van der Waals surface area contributed by atoms with E-state index in [-0.39, 0.29) is 0 Å². The Morgan fingerprint density at radius 3 is 3.05 bits per heavy atom. The second-order valence-electron chi connectivity index (χ2n) is 4.73. The number of hydrogen-bond acceptors (Lipinski definition) is 5. The zero-order valence-corrected chi connectivity index (χ0v) is 11.8. The minimum Gasteiger partial charge on any atom is -0.492 e. The predicted molar refractivity (Wildman–Crippen MR) is 82.0 cm³/mol. The number of nitrogens with zero attached hydrogens (tertiary/aromatic N) is 3. The van der Waals surface area contributed by atoms with Gasteiger partial charge in [0.1, 0.15) is 12.4 Å². The summed E-state index contributed by atoms with van der Waals surface area (Å²) in [6.07, 6.45) is 1.89. The first-order valence-electron chi connectivity index (χ1n) is 6.77. The van der Waals surface area contributed by atoms with Crippen LogP contribution in [-0.2, 0) is 0 Å². The van der Waals surface area contributed by atoms with E-state index in [0.717, 1.165) is 22.6 Å². The molecule has 3 N–H and O–H groups in total. The second-order valence-corrected chi connectivity index (χ2v) is 4.73. The Balaban J connectivity index is 1.81. The van der Waals surface area contributed by atoms with E-state index in [9.17, 15) is 0 Å². The van der Waals surface area contributed by atoms with Crippen LogP contribution in [0.3, 0.4) is 0 Å². The molecule has 3 rings (SSSR count). The summed E-state index contributed by atoms with van der Waals surface area (Å²) in [7, 11) is 0. The van der Waals surface area contributed by atoms with Gasteiger partial charge in [0.25, 0.3) is 0 Å². The molecule has 6 nitrogen and oxygen atoms in total. The lowest BCUT2D eigenvalue weighted by Gasteiger charge is -2.06. The molecule has 0 aliphatic carbocycles. The van der Waals surface area contributed by atoms with Crippen LogP contribution < -0.4 is 15.8 Å². The van der Waals surface area contributed by atoms with Crippen molar-refractivity contribution in [1.82, 2.24) is 14.6 Å². The van der Waals surface area contributed by atoms with Crippen molar-refractivity contribution >= 4 is 17.3 Å². The molecule has 0 aliphatic rings. The summed E-state index contributed by atoms with van der Waals surface area (Å²) in [5, 5.41) is 7.55. The molecule has 108 valence electrons. The van der Waals surface area contributed by atoms with Crippen LogP contribution in [0, 0.1) is 6.92 Å². The quantitative estimate of drug-likeness (QED) is 0.750. The van der Waals surface area contributed by atoms with E-state index in [2.05, 4.69) is 15.4 Å². The van der Waals surface area contributed by atoms with Gasteiger partial charge in [-0.15, -0.1) is 5.10 Å². The van der Waals surface area contributed by atoms with Gasteiger partial charge in [-0.3, -0.25) is 0 Å². The number of anilines is 2. The molecule has 0 amide bonds. The molecule has 0 unspecified atom stereocenters. The fourth-order valence-electron chi connectivity index (χ4n) is 2.01. The van der Waals surface area contributed by atoms with Gasteiger partial charge in [0.15, 0.2) is 5.65 Å². The van der Waals surface area contributed by atoms with Crippen molar-refractivity contribution in [2.75, 3.05) is 18.5 Å². The molecule has 3 aromatic rings. The summed E-state index contributed by atoms with van der Waals surface area (Å²) >= 11 is 0. The van der Waals surface area contributed by atoms with Crippen molar-refractivity contribution in [3.8, 4) is 5.75 Å². The monoisotopic (exact) mass is 283 g/mol. The molecule has 2 aromatic heterocycles. The van der Waals surface area contributed by atoms with Crippen LogP contribution >= 0.6 is 0 Å². The average molecular weight is 283 g/mol. The lowest BCUT2D eigenvalue weighted by Crippen LogP contribution is -2.10. The molecular weight excluding hydrogens is 266 g/mol. The Bertz CT molecular complexity index is 753. The number of fused-ring (bicyclic) bond motifs is 1. The first-order valence-corrected chi connectivity index (χ1v) is 6.77. The molecule has 0 saturated carbocycles. The van der Waals surface area contributed by atoms with Crippen LogP contribution in [0.5, 0.6) is 5.75 Å². The van der Waals surface area contributed by atoms with Crippen LogP contribution in [0.15, 0.2) is 42.6 Å². The maximum atomic E-state index is 5.50. The Kier molecular flexibility index (Phi) is 3.70.